The van der Waals surface area contributed by atoms with Crippen molar-refractivity contribution in [3.63, 3.8) is 0 Å². The zero-order chi connectivity index (χ0) is 14.2. The van der Waals surface area contributed by atoms with Gasteiger partial charge in [0.1, 0.15) is 5.75 Å². The molecule has 0 aliphatic rings. The second kappa shape index (κ2) is 4.67. The molecule has 0 amide bonds. The van der Waals surface area contributed by atoms with Gasteiger partial charge in [0, 0.05) is 17.6 Å². The first kappa shape index (κ1) is 12.7. The molecule has 0 spiro atoms. The average molecular weight is 266 g/mol. The van der Waals surface area contributed by atoms with Crippen molar-refractivity contribution >= 4 is 10.8 Å². The van der Waals surface area contributed by atoms with Crippen LogP contribution < -0.4 is 4.74 Å². The van der Waals surface area contributed by atoms with E-state index in [9.17, 15) is 0 Å². The smallest absolute Gasteiger partial charge is 0.238 e. The molecule has 3 aromatic rings. The van der Waals surface area contributed by atoms with Crippen LogP contribution in [0.5, 0.6) is 11.6 Å². The third-order valence-electron chi connectivity index (χ3n) is 3.22. The van der Waals surface area contributed by atoms with E-state index < -0.39 is 0 Å². The van der Waals surface area contributed by atoms with E-state index >= 15 is 0 Å². The maximum Gasteiger partial charge on any atom is 0.238 e. The molecule has 3 heteroatoms. The standard InChI is InChI=1S/C17H18N2O/c1-17(2,3)19-12-11-16(18-19)20-15-10-6-8-13-7-4-5-9-14(13)15/h4-12H,1-3H3. The highest BCUT2D eigenvalue weighted by Crippen LogP contribution is 2.29. The fraction of sp³-hybridized carbons (Fsp3) is 0.235. The topological polar surface area (TPSA) is 27.1 Å². The van der Waals surface area contributed by atoms with Crippen LogP contribution in [0.2, 0.25) is 0 Å². The molecule has 3 nitrogen and oxygen atoms in total. The van der Waals surface area contributed by atoms with Gasteiger partial charge in [0.25, 0.3) is 0 Å². The largest absolute Gasteiger partial charge is 0.437 e. The van der Waals surface area contributed by atoms with Crippen LogP contribution in [0.15, 0.2) is 54.7 Å². The summed E-state index contributed by atoms with van der Waals surface area (Å²) in [5.41, 5.74) is -0.0413. The highest BCUT2D eigenvalue weighted by atomic mass is 16.5. The van der Waals surface area contributed by atoms with E-state index in [2.05, 4.69) is 44.1 Å². The molecule has 0 N–H and O–H groups in total. The summed E-state index contributed by atoms with van der Waals surface area (Å²) < 4.78 is 7.85. The Bertz CT molecular complexity index is 733. The van der Waals surface area contributed by atoms with E-state index in [-0.39, 0.29) is 5.54 Å². The molecule has 0 bridgehead atoms. The lowest BCUT2D eigenvalue weighted by atomic mass is 10.1. The number of aromatic nitrogens is 2. The third-order valence-corrected chi connectivity index (χ3v) is 3.22. The van der Waals surface area contributed by atoms with Crippen molar-refractivity contribution in [2.75, 3.05) is 0 Å². The maximum absolute atomic E-state index is 5.94. The Labute approximate surface area is 118 Å². The molecule has 0 radical (unpaired) electrons. The lowest BCUT2D eigenvalue weighted by molar-refractivity contribution is 0.341. The molecule has 0 saturated heterocycles. The summed E-state index contributed by atoms with van der Waals surface area (Å²) in [6.07, 6.45) is 1.94. The van der Waals surface area contributed by atoms with E-state index in [1.165, 1.54) is 5.39 Å². The quantitative estimate of drug-likeness (QED) is 0.678. The summed E-state index contributed by atoms with van der Waals surface area (Å²) in [5, 5.41) is 6.74. The Hall–Kier alpha value is -2.29. The molecular formula is C17H18N2O. The normalized spacial score (nSPS) is 11.8. The minimum atomic E-state index is -0.0413. The van der Waals surface area contributed by atoms with Gasteiger partial charge in [-0.1, -0.05) is 36.4 Å². The number of rotatable bonds is 2. The summed E-state index contributed by atoms with van der Waals surface area (Å²) >= 11 is 0. The van der Waals surface area contributed by atoms with Crippen molar-refractivity contribution in [3.05, 3.63) is 54.7 Å². The number of nitrogens with zero attached hydrogens (tertiary/aromatic N) is 2. The van der Waals surface area contributed by atoms with Crippen LogP contribution >= 0.6 is 0 Å². The minimum absolute atomic E-state index is 0.0413. The van der Waals surface area contributed by atoms with Crippen molar-refractivity contribution in [2.24, 2.45) is 0 Å². The van der Waals surface area contributed by atoms with Gasteiger partial charge in [-0.3, -0.25) is 4.68 Å². The second-order valence-electron chi connectivity index (χ2n) is 5.85. The predicted octanol–water partition coefficient (Wildman–Crippen LogP) is 4.58. The molecule has 0 atom stereocenters. The molecule has 0 aliphatic carbocycles. The van der Waals surface area contributed by atoms with Gasteiger partial charge in [0.05, 0.1) is 5.54 Å². The van der Waals surface area contributed by atoms with Crippen molar-refractivity contribution in [1.29, 1.82) is 0 Å². The van der Waals surface area contributed by atoms with Gasteiger partial charge in [-0.15, -0.1) is 5.10 Å². The first-order valence-corrected chi connectivity index (χ1v) is 6.76. The molecule has 0 fully saturated rings. The van der Waals surface area contributed by atoms with Crippen molar-refractivity contribution in [2.45, 2.75) is 26.3 Å². The first-order chi connectivity index (χ1) is 9.54. The van der Waals surface area contributed by atoms with Crippen molar-refractivity contribution in [1.82, 2.24) is 9.78 Å². The first-order valence-electron chi connectivity index (χ1n) is 6.76. The van der Waals surface area contributed by atoms with Crippen molar-refractivity contribution < 1.29 is 4.74 Å². The second-order valence-corrected chi connectivity index (χ2v) is 5.85. The van der Waals surface area contributed by atoms with Gasteiger partial charge in [-0.05, 0) is 32.2 Å². The molecular weight excluding hydrogens is 248 g/mol. The van der Waals surface area contributed by atoms with Crippen LogP contribution in [0, 0.1) is 0 Å². The van der Waals surface area contributed by atoms with Crippen LogP contribution in [-0.2, 0) is 5.54 Å². The lowest BCUT2D eigenvalue weighted by Crippen LogP contribution is -2.22. The van der Waals surface area contributed by atoms with Crippen molar-refractivity contribution in [3.8, 4) is 11.6 Å². The number of hydrogen-bond acceptors (Lipinski definition) is 2. The van der Waals surface area contributed by atoms with Crippen LogP contribution in [0.4, 0.5) is 0 Å². The molecule has 1 aromatic heterocycles. The highest BCUT2D eigenvalue weighted by Gasteiger charge is 2.15. The summed E-state index contributed by atoms with van der Waals surface area (Å²) in [5.74, 6) is 1.46. The fourth-order valence-corrected chi connectivity index (χ4v) is 2.13. The van der Waals surface area contributed by atoms with Gasteiger partial charge < -0.3 is 4.74 Å². The van der Waals surface area contributed by atoms with Crippen LogP contribution in [0.1, 0.15) is 20.8 Å². The zero-order valence-corrected chi connectivity index (χ0v) is 12.0. The highest BCUT2D eigenvalue weighted by molar-refractivity contribution is 5.88. The Balaban J connectivity index is 1.96. The molecule has 102 valence electrons. The third kappa shape index (κ3) is 2.39. The Morgan fingerprint density at radius 3 is 2.45 bits per heavy atom. The summed E-state index contributed by atoms with van der Waals surface area (Å²) in [6.45, 7) is 6.34. The zero-order valence-electron chi connectivity index (χ0n) is 12.0. The Morgan fingerprint density at radius 1 is 0.950 bits per heavy atom. The molecule has 3 rings (SSSR count). The summed E-state index contributed by atoms with van der Waals surface area (Å²) in [7, 11) is 0. The SMILES string of the molecule is CC(C)(C)n1ccc(Oc2cccc3ccccc23)n1. The van der Waals surface area contributed by atoms with Crippen LogP contribution in [-0.4, -0.2) is 9.78 Å². The van der Waals surface area contributed by atoms with E-state index in [0.717, 1.165) is 11.1 Å². The predicted molar refractivity (Wildman–Crippen MR) is 81.2 cm³/mol. The maximum atomic E-state index is 5.94. The molecule has 2 aromatic carbocycles. The number of ether oxygens (including phenoxy) is 1. The van der Waals surface area contributed by atoms with Gasteiger partial charge in [0.2, 0.25) is 5.88 Å². The van der Waals surface area contributed by atoms with Gasteiger partial charge >= 0.3 is 0 Å². The van der Waals surface area contributed by atoms with E-state index in [1.54, 1.807) is 0 Å². The van der Waals surface area contributed by atoms with Crippen LogP contribution in [0.3, 0.4) is 0 Å². The fourth-order valence-electron chi connectivity index (χ4n) is 2.13. The van der Waals surface area contributed by atoms with Gasteiger partial charge in [-0.25, -0.2) is 0 Å². The molecule has 20 heavy (non-hydrogen) atoms. The number of fused-ring (bicyclic) bond motifs is 1. The van der Waals surface area contributed by atoms with Crippen LogP contribution in [0.25, 0.3) is 10.8 Å². The van der Waals surface area contributed by atoms with E-state index in [1.807, 2.05) is 41.2 Å². The van der Waals surface area contributed by atoms with E-state index in [0.29, 0.717) is 5.88 Å². The Morgan fingerprint density at radius 2 is 1.70 bits per heavy atom. The average Bonchev–Trinajstić information content (AvgIpc) is 2.88. The molecule has 0 unspecified atom stereocenters. The summed E-state index contributed by atoms with van der Waals surface area (Å²) in [4.78, 5) is 0. The molecule has 0 saturated carbocycles. The molecule has 1 heterocycles. The Kier molecular flexibility index (Phi) is 2.97. The number of benzene rings is 2. The van der Waals surface area contributed by atoms with Gasteiger partial charge in [0.15, 0.2) is 0 Å². The minimum Gasteiger partial charge on any atom is -0.437 e. The van der Waals surface area contributed by atoms with E-state index in [4.69, 9.17) is 4.74 Å². The monoisotopic (exact) mass is 266 g/mol. The number of hydrogen-bond donors (Lipinski definition) is 0. The van der Waals surface area contributed by atoms with Gasteiger partial charge in [-0.2, -0.15) is 0 Å². The molecule has 0 aliphatic heterocycles. The lowest BCUT2D eigenvalue weighted by Gasteiger charge is -2.18. The summed E-state index contributed by atoms with van der Waals surface area (Å²) in [6, 6.07) is 16.1.